The molecular weight excluding hydrogens is 741 g/mol. The zero-order valence-corrected chi connectivity index (χ0v) is 33.1. The standard InChI is InChI=1S/C57H36N4/c1-3-14-39(15-4-1)55-45-19-9-11-21-47(45)56(48-22-12-10-20-46(48)55)40-26-24-38(25-27-40)51-35-52(42-28-23-37-13-7-8-16-41(37)33-42)60-57(59-51)43-29-30-53-49(34-43)50-36-58-32-31-54(50)61(53)44-17-5-2-6-18-44/h1-36H. The second-order valence-electron chi connectivity index (χ2n) is 15.6. The Morgan fingerprint density at radius 3 is 1.54 bits per heavy atom. The van der Waals surface area contributed by atoms with Crippen LogP contribution in [0.3, 0.4) is 0 Å². The summed E-state index contributed by atoms with van der Waals surface area (Å²) in [6.45, 7) is 0. The predicted octanol–water partition coefficient (Wildman–Crippen LogP) is 14.8. The van der Waals surface area contributed by atoms with E-state index in [-0.39, 0.29) is 0 Å². The second kappa shape index (κ2) is 14.3. The molecule has 0 bridgehead atoms. The summed E-state index contributed by atoms with van der Waals surface area (Å²) in [6, 6.07) is 73.6. The van der Waals surface area contributed by atoms with Crippen LogP contribution < -0.4 is 0 Å². The van der Waals surface area contributed by atoms with Crippen LogP contribution in [0.1, 0.15) is 0 Å². The van der Waals surface area contributed by atoms with Gasteiger partial charge in [0.25, 0.3) is 0 Å². The summed E-state index contributed by atoms with van der Waals surface area (Å²) >= 11 is 0. The lowest BCUT2D eigenvalue weighted by molar-refractivity contribution is 1.17. The van der Waals surface area contributed by atoms with Gasteiger partial charge in [-0.1, -0.05) is 158 Å². The van der Waals surface area contributed by atoms with Gasteiger partial charge in [-0.25, -0.2) is 9.97 Å². The fourth-order valence-corrected chi connectivity index (χ4v) is 9.24. The number of benzene rings is 9. The number of fused-ring (bicyclic) bond motifs is 6. The second-order valence-corrected chi connectivity index (χ2v) is 15.6. The molecule has 0 N–H and O–H groups in total. The number of aromatic nitrogens is 4. The molecule has 0 aliphatic carbocycles. The first-order chi connectivity index (χ1) is 30.2. The van der Waals surface area contributed by atoms with Crippen LogP contribution in [0.2, 0.25) is 0 Å². The van der Waals surface area contributed by atoms with Crippen molar-refractivity contribution >= 4 is 54.1 Å². The fourth-order valence-electron chi connectivity index (χ4n) is 9.24. The maximum absolute atomic E-state index is 5.33. The molecule has 12 aromatic rings. The molecule has 0 saturated heterocycles. The molecule has 4 heteroatoms. The van der Waals surface area contributed by atoms with E-state index in [1.165, 1.54) is 49.0 Å². The summed E-state index contributed by atoms with van der Waals surface area (Å²) in [4.78, 5) is 15.2. The van der Waals surface area contributed by atoms with Crippen molar-refractivity contribution in [1.29, 1.82) is 0 Å². The first-order valence-electron chi connectivity index (χ1n) is 20.7. The van der Waals surface area contributed by atoms with Crippen LogP contribution in [0.25, 0.3) is 116 Å². The molecule has 61 heavy (non-hydrogen) atoms. The average molecular weight is 777 g/mol. The van der Waals surface area contributed by atoms with Crippen molar-refractivity contribution in [3.63, 3.8) is 0 Å². The molecule has 9 aromatic carbocycles. The Morgan fingerprint density at radius 1 is 0.328 bits per heavy atom. The normalized spacial score (nSPS) is 11.6. The van der Waals surface area contributed by atoms with E-state index in [0.29, 0.717) is 5.82 Å². The van der Waals surface area contributed by atoms with Crippen molar-refractivity contribution in [3.05, 3.63) is 219 Å². The molecule has 0 spiro atoms. The van der Waals surface area contributed by atoms with Gasteiger partial charge in [-0.2, -0.15) is 0 Å². The van der Waals surface area contributed by atoms with E-state index < -0.39 is 0 Å². The highest BCUT2D eigenvalue weighted by Crippen LogP contribution is 2.44. The molecule has 0 amide bonds. The lowest BCUT2D eigenvalue weighted by Crippen LogP contribution is -1.97. The quantitative estimate of drug-likeness (QED) is 0.158. The molecule has 3 aromatic heterocycles. The van der Waals surface area contributed by atoms with Crippen molar-refractivity contribution in [3.8, 4) is 61.8 Å². The van der Waals surface area contributed by atoms with Crippen LogP contribution in [-0.4, -0.2) is 19.5 Å². The van der Waals surface area contributed by atoms with Gasteiger partial charge in [0.2, 0.25) is 0 Å². The van der Waals surface area contributed by atoms with Crippen molar-refractivity contribution in [2.24, 2.45) is 0 Å². The fraction of sp³-hybridized carbons (Fsp3) is 0. The Labute approximate surface area is 352 Å². The van der Waals surface area contributed by atoms with Gasteiger partial charge in [0, 0.05) is 45.5 Å². The molecule has 0 unspecified atom stereocenters. The summed E-state index contributed by atoms with van der Waals surface area (Å²) in [6.07, 6.45) is 3.82. The molecule has 0 fully saturated rings. The number of rotatable bonds is 6. The minimum absolute atomic E-state index is 0.671. The largest absolute Gasteiger partial charge is 0.309 e. The number of hydrogen-bond donors (Lipinski definition) is 0. The van der Waals surface area contributed by atoms with Gasteiger partial charge in [-0.05, 0) is 103 Å². The highest BCUT2D eigenvalue weighted by Gasteiger charge is 2.19. The number of pyridine rings is 1. The summed E-state index contributed by atoms with van der Waals surface area (Å²) in [5, 5.41) is 9.51. The third-order valence-electron chi connectivity index (χ3n) is 12.1. The monoisotopic (exact) mass is 776 g/mol. The SMILES string of the molecule is c1ccc(-c2c3ccccc3c(-c3ccc(-c4cc(-c5ccc6ccccc6c5)nc(-c5ccc6c(c5)c5cnccc5n6-c5ccccc5)n4)cc3)c3ccccc23)cc1. The van der Waals surface area contributed by atoms with Crippen LogP contribution in [0, 0.1) is 0 Å². The Bertz CT molecular complexity index is 3570. The van der Waals surface area contributed by atoms with Crippen LogP contribution in [0.15, 0.2) is 219 Å². The lowest BCUT2D eigenvalue weighted by Gasteiger charge is -2.18. The smallest absolute Gasteiger partial charge is 0.160 e. The Balaban J connectivity index is 1.03. The first kappa shape index (κ1) is 34.8. The zero-order valence-electron chi connectivity index (χ0n) is 33.1. The van der Waals surface area contributed by atoms with Gasteiger partial charge in [-0.15, -0.1) is 0 Å². The maximum Gasteiger partial charge on any atom is 0.160 e. The van der Waals surface area contributed by atoms with E-state index in [1.54, 1.807) is 0 Å². The predicted molar refractivity (Wildman–Crippen MR) is 254 cm³/mol. The molecule has 0 atom stereocenters. The highest BCUT2D eigenvalue weighted by molar-refractivity contribution is 6.21. The minimum atomic E-state index is 0.671. The average Bonchev–Trinajstić information content (AvgIpc) is 3.67. The van der Waals surface area contributed by atoms with Gasteiger partial charge in [-0.3, -0.25) is 4.98 Å². The summed E-state index contributed by atoms with van der Waals surface area (Å²) in [5.74, 6) is 0.671. The van der Waals surface area contributed by atoms with Gasteiger partial charge in [0.15, 0.2) is 5.82 Å². The lowest BCUT2D eigenvalue weighted by atomic mass is 9.86. The van der Waals surface area contributed by atoms with E-state index in [1.807, 2.05) is 12.4 Å². The van der Waals surface area contributed by atoms with Crippen LogP contribution in [-0.2, 0) is 0 Å². The number of para-hydroxylation sites is 1. The summed E-state index contributed by atoms with van der Waals surface area (Å²) in [7, 11) is 0. The Hall–Kier alpha value is -8.21. The summed E-state index contributed by atoms with van der Waals surface area (Å²) in [5.41, 5.74) is 12.9. The summed E-state index contributed by atoms with van der Waals surface area (Å²) < 4.78 is 2.30. The molecule has 0 aliphatic rings. The third-order valence-corrected chi connectivity index (χ3v) is 12.1. The van der Waals surface area contributed by atoms with E-state index in [2.05, 4.69) is 216 Å². The molecule has 0 saturated carbocycles. The number of nitrogens with zero attached hydrogens (tertiary/aromatic N) is 4. The van der Waals surface area contributed by atoms with Crippen LogP contribution in [0.4, 0.5) is 0 Å². The molecule has 3 heterocycles. The van der Waals surface area contributed by atoms with Crippen molar-refractivity contribution in [1.82, 2.24) is 19.5 Å². The third kappa shape index (κ3) is 5.88. The van der Waals surface area contributed by atoms with Gasteiger partial charge in [0.1, 0.15) is 0 Å². The number of hydrogen-bond acceptors (Lipinski definition) is 3. The van der Waals surface area contributed by atoms with Crippen LogP contribution in [0.5, 0.6) is 0 Å². The van der Waals surface area contributed by atoms with Gasteiger partial charge >= 0.3 is 0 Å². The highest BCUT2D eigenvalue weighted by atomic mass is 15.0. The Morgan fingerprint density at radius 2 is 0.852 bits per heavy atom. The van der Waals surface area contributed by atoms with E-state index in [9.17, 15) is 0 Å². The maximum atomic E-state index is 5.33. The van der Waals surface area contributed by atoms with Crippen molar-refractivity contribution in [2.75, 3.05) is 0 Å². The molecule has 0 radical (unpaired) electrons. The van der Waals surface area contributed by atoms with E-state index >= 15 is 0 Å². The Kier molecular flexibility index (Phi) is 8.13. The minimum Gasteiger partial charge on any atom is -0.309 e. The first-order valence-corrected chi connectivity index (χ1v) is 20.7. The van der Waals surface area contributed by atoms with Crippen molar-refractivity contribution in [2.45, 2.75) is 0 Å². The molecule has 0 aliphatic heterocycles. The van der Waals surface area contributed by atoms with Crippen LogP contribution >= 0.6 is 0 Å². The van der Waals surface area contributed by atoms with Gasteiger partial charge in [0.05, 0.1) is 22.4 Å². The molecule has 284 valence electrons. The topological polar surface area (TPSA) is 43.6 Å². The molecule has 12 rings (SSSR count). The van der Waals surface area contributed by atoms with E-state index in [0.717, 1.165) is 61.1 Å². The molecular formula is C57H36N4. The zero-order chi connectivity index (χ0) is 40.3. The molecule has 4 nitrogen and oxygen atoms in total. The van der Waals surface area contributed by atoms with Crippen molar-refractivity contribution < 1.29 is 0 Å². The van der Waals surface area contributed by atoms with Gasteiger partial charge < -0.3 is 4.57 Å². The van der Waals surface area contributed by atoms with E-state index in [4.69, 9.17) is 9.97 Å².